The van der Waals surface area contributed by atoms with E-state index in [2.05, 4.69) is 5.32 Å². The van der Waals surface area contributed by atoms with Crippen molar-refractivity contribution >= 4 is 23.2 Å². The number of carbonyl (C=O) groups is 1. The average molecular weight is 397 g/mol. The number of alkyl halides is 3. The topological polar surface area (TPSA) is 41.6 Å². The zero-order valence-corrected chi connectivity index (χ0v) is 14.8. The fraction of sp³-hybridized carbons (Fsp3) is 0.316. The minimum Gasteiger partial charge on any atom is -0.455 e. The lowest BCUT2D eigenvalue weighted by Gasteiger charge is -2.42. The average Bonchev–Trinajstić information content (AvgIpc) is 2.76. The fourth-order valence-electron chi connectivity index (χ4n) is 3.83. The molecule has 1 fully saturated rings. The molecule has 2 aromatic rings. The molecule has 0 aromatic heterocycles. The van der Waals surface area contributed by atoms with Crippen molar-refractivity contribution in [3.8, 4) is 11.5 Å². The van der Waals surface area contributed by atoms with Crippen LogP contribution in [0.15, 0.2) is 42.5 Å². The van der Waals surface area contributed by atoms with Gasteiger partial charge in [0.05, 0.1) is 22.8 Å². The van der Waals surface area contributed by atoms with E-state index >= 15 is 0 Å². The first-order valence-corrected chi connectivity index (χ1v) is 8.93. The number of carbonyl (C=O) groups excluding carboxylic acids is 1. The number of piperidine rings is 1. The number of anilines is 1. The van der Waals surface area contributed by atoms with Gasteiger partial charge in [-0.1, -0.05) is 35.9 Å². The molecular formula is C19H16ClF3N2O2. The molecule has 2 aliphatic rings. The molecule has 1 saturated heterocycles. The zero-order chi connectivity index (χ0) is 19.2. The van der Waals surface area contributed by atoms with Crippen molar-refractivity contribution < 1.29 is 22.7 Å². The number of para-hydroxylation sites is 2. The second-order valence-corrected chi connectivity index (χ2v) is 6.99. The summed E-state index contributed by atoms with van der Waals surface area (Å²) >= 11 is 6.41. The Balaban J connectivity index is 1.83. The van der Waals surface area contributed by atoms with Gasteiger partial charge in [0.1, 0.15) is 5.75 Å². The molecule has 2 heterocycles. The fourth-order valence-corrected chi connectivity index (χ4v) is 4.10. The molecule has 27 heavy (non-hydrogen) atoms. The standard InChI is InChI=1S/C19H16ClF3N2O2/c20-12-6-3-9-15-17(12)25-10-4-7-13(24-18(26)19(21,22)23)16(25)11-5-1-2-8-14(11)27-15/h1-3,5-6,8-9,13,16H,4,7,10H2,(H,24,26)/t13-,16+/m0/s1. The van der Waals surface area contributed by atoms with Crippen molar-refractivity contribution in [3.63, 3.8) is 0 Å². The number of amides is 1. The van der Waals surface area contributed by atoms with Crippen LogP contribution in [-0.2, 0) is 4.79 Å². The summed E-state index contributed by atoms with van der Waals surface area (Å²) in [5.74, 6) is -0.849. The monoisotopic (exact) mass is 396 g/mol. The van der Waals surface area contributed by atoms with E-state index in [-0.39, 0.29) is 0 Å². The zero-order valence-electron chi connectivity index (χ0n) is 14.1. The molecule has 1 amide bonds. The lowest BCUT2D eigenvalue weighted by atomic mass is 9.89. The minimum atomic E-state index is -4.93. The SMILES string of the molecule is O=C(N[C@H]1CCCN2c3c(Cl)cccc3Oc3ccccc3[C@H]12)C(F)(F)F. The molecule has 2 atom stereocenters. The van der Waals surface area contributed by atoms with Crippen molar-refractivity contribution in [2.24, 2.45) is 0 Å². The van der Waals surface area contributed by atoms with Gasteiger partial charge in [-0.3, -0.25) is 4.79 Å². The number of fused-ring (bicyclic) bond motifs is 5. The maximum atomic E-state index is 12.8. The molecule has 4 nitrogen and oxygen atoms in total. The lowest BCUT2D eigenvalue weighted by molar-refractivity contribution is -0.174. The number of hydrogen-bond acceptors (Lipinski definition) is 3. The van der Waals surface area contributed by atoms with Crippen LogP contribution in [0, 0.1) is 0 Å². The summed E-state index contributed by atoms with van der Waals surface area (Å²) in [6.07, 6.45) is -3.89. The Hall–Kier alpha value is -2.41. The molecule has 0 saturated carbocycles. The number of hydrogen-bond donors (Lipinski definition) is 1. The molecular weight excluding hydrogens is 381 g/mol. The first-order chi connectivity index (χ1) is 12.9. The van der Waals surface area contributed by atoms with E-state index in [4.69, 9.17) is 16.3 Å². The Bertz CT molecular complexity index is 887. The van der Waals surface area contributed by atoms with Crippen molar-refractivity contribution in [3.05, 3.63) is 53.1 Å². The summed E-state index contributed by atoms with van der Waals surface area (Å²) in [5, 5.41) is 2.62. The van der Waals surface area contributed by atoms with Gasteiger partial charge in [-0.15, -0.1) is 0 Å². The maximum absolute atomic E-state index is 12.8. The van der Waals surface area contributed by atoms with Crippen LogP contribution in [0.25, 0.3) is 0 Å². The second kappa shape index (κ2) is 6.64. The third-order valence-corrected chi connectivity index (χ3v) is 5.20. The summed E-state index contributed by atoms with van der Waals surface area (Å²) in [5.41, 5.74) is 1.35. The Kier molecular flexibility index (Phi) is 4.42. The van der Waals surface area contributed by atoms with Crippen LogP contribution in [0.5, 0.6) is 11.5 Å². The summed E-state index contributed by atoms with van der Waals surface area (Å²) in [6.45, 7) is 0.595. The van der Waals surface area contributed by atoms with Crippen molar-refractivity contribution in [2.75, 3.05) is 11.4 Å². The van der Waals surface area contributed by atoms with Gasteiger partial charge in [0.25, 0.3) is 0 Å². The molecule has 2 aromatic carbocycles. The van der Waals surface area contributed by atoms with Crippen LogP contribution >= 0.6 is 11.6 Å². The summed E-state index contributed by atoms with van der Waals surface area (Å²) in [4.78, 5) is 13.5. The van der Waals surface area contributed by atoms with Gasteiger partial charge in [0.2, 0.25) is 0 Å². The highest BCUT2D eigenvalue weighted by atomic mass is 35.5. The molecule has 2 aliphatic heterocycles. The molecule has 0 bridgehead atoms. The number of nitrogens with zero attached hydrogens (tertiary/aromatic N) is 1. The van der Waals surface area contributed by atoms with Crippen LogP contribution in [0.4, 0.5) is 18.9 Å². The summed E-state index contributed by atoms with van der Waals surface area (Å²) in [6, 6.07) is 11.2. The van der Waals surface area contributed by atoms with E-state index in [9.17, 15) is 18.0 Å². The van der Waals surface area contributed by atoms with E-state index in [1.807, 2.05) is 11.0 Å². The van der Waals surface area contributed by atoms with Crippen LogP contribution in [0.2, 0.25) is 5.02 Å². The number of benzene rings is 2. The summed E-state index contributed by atoms with van der Waals surface area (Å²) in [7, 11) is 0. The van der Waals surface area contributed by atoms with Gasteiger partial charge < -0.3 is 15.0 Å². The first-order valence-electron chi connectivity index (χ1n) is 8.56. The Labute approximate surface area is 158 Å². The molecule has 8 heteroatoms. The van der Waals surface area contributed by atoms with Crippen molar-refractivity contribution in [2.45, 2.75) is 31.1 Å². The van der Waals surface area contributed by atoms with Gasteiger partial charge in [-0.05, 0) is 31.0 Å². The van der Waals surface area contributed by atoms with Gasteiger partial charge >= 0.3 is 12.1 Å². The van der Waals surface area contributed by atoms with E-state index in [1.54, 1.807) is 36.4 Å². The Morgan fingerprint density at radius 1 is 1.15 bits per heavy atom. The van der Waals surface area contributed by atoms with Crippen LogP contribution in [0.3, 0.4) is 0 Å². The number of nitrogens with one attached hydrogen (secondary N) is 1. The molecule has 0 spiro atoms. The van der Waals surface area contributed by atoms with Crippen molar-refractivity contribution in [1.29, 1.82) is 0 Å². The normalized spacial score (nSPS) is 21.3. The molecule has 4 rings (SSSR count). The third-order valence-electron chi connectivity index (χ3n) is 4.90. The Morgan fingerprint density at radius 2 is 1.89 bits per heavy atom. The van der Waals surface area contributed by atoms with Crippen LogP contribution < -0.4 is 15.0 Å². The second-order valence-electron chi connectivity index (χ2n) is 6.58. The molecule has 0 unspecified atom stereocenters. The highest BCUT2D eigenvalue weighted by molar-refractivity contribution is 6.33. The van der Waals surface area contributed by atoms with E-state index in [0.717, 1.165) is 5.56 Å². The molecule has 142 valence electrons. The summed E-state index contributed by atoms with van der Waals surface area (Å²) < 4.78 is 44.5. The lowest BCUT2D eigenvalue weighted by Crippen LogP contribution is -2.52. The molecule has 0 aliphatic carbocycles. The van der Waals surface area contributed by atoms with E-state index < -0.39 is 24.2 Å². The van der Waals surface area contributed by atoms with Gasteiger partial charge in [0, 0.05) is 12.1 Å². The highest BCUT2D eigenvalue weighted by Crippen LogP contribution is 2.50. The highest BCUT2D eigenvalue weighted by Gasteiger charge is 2.44. The van der Waals surface area contributed by atoms with E-state index in [0.29, 0.717) is 41.6 Å². The number of ether oxygens (including phenoxy) is 1. The maximum Gasteiger partial charge on any atom is 0.471 e. The predicted molar refractivity (Wildman–Crippen MR) is 95.3 cm³/mol. The largest absolute Gasteiger partial charge is 0.471 e. The quantitative estimate of drug-likeness (QED) is 0.750. The van der Waals surface area contributed by atoms with Crippen LogP contribution in [-0.4, -0.2) is 24.7 Å². The van der Waals surface area contributed by atoms with Gasteiger partial charge in [-0.25, -0.2) is 0 Å². The van der Waals surface area contributed by atoms with Crippen LogP contribution in [0.1, 0.15) is 24.4 Å². The molecule has 0 radical (unpaired) electrons. The smallest absolute Gasteiger partial charge is 0.455 e. The van der Waals surface area contributed by atoms with Gasteiger partial charge in [-0.2, -0.15) is 13.2 Å². The van der Waals surface area contributed by atoms with Crippen molar-refractivity contribution in [1.82, 2.24) is 5.32 Å². The minimum absolute atomic E-state index is 0.428. The van der Waals surface area contributed by atoms with Gasteiger partial charge in [0.15, 0.2) is 5.75 Å². The van der Waals surface area contributed by atoms with E-state index in [1.165, 1.54) is 0 Å². The predicted octanol–water partition coefficient (Wildman–Crippen LogP) is 4.83. The number of rotatable bonds is 1. The first kappa shape index (κ1) is 18.0. The Morgan fingerprint density at radius 3 is 2.67 bits per heavy atom. The third kappa shape index (κ3) is 3.20. The molecule has 1 N–H and O–H groups in total. The number of halogens is 4.